The summed E-state index contributed by atoms with van der Waals surface area (Å²) < 4.78 is 23.6. The number of nitrogens with one attached hydrogen (secondary N) is 1. The van der Waals surface area contributed by atoms with Crippen LogP contribution in [0.15, 0.2) is 0 Å². The van der Waals surface area contributed by atoms with Gasteiger partial charge in [-0.25, -0.2) is 12.7 Å². The summed E-state index contributed by atoms with van der Waals surface area (Å²) in [5.41, 5.74) is 0. The van der Waals surface area contributed by atoms with Crippen LogP contribution in [0.25, 0.3) is 0 Å². The number of hydrogen-bond acceptors (Lipinski definition) is 4. The van der Waals surface area contributed by atoms with E-state index in [1.807, 2.05) is 0 Å². The number of amides is 1. The van der Waals surface area contributed by atoms with E-state index in [2.05, 4.69) is 12.2 Å². The summed E-state index contributed by atoms with van der Waals surface area (Å²) >= 11 is 0. The van der Waals surface area contributed by atoms with E-state index in [1.54, 1.807) is 0 Å². The fourth-order valence-corrected chi connectivity index (χ4v) is 4.50. The largest absolute Gasteiger partial charge is 0.312 e. The third-order valence-corrected chi connectivity index (χ3v) is 6.75. The fraction of sp³-hybridized carbons (Fsp3) is 0.923. The van der Waals surface area contributed by atoms with Crippen molar-refractivity contribution in [1.82, 2.24) is 9.62 Å². The highest BCUT2D eigenvalue weighted by molar-refractivity contribution is 7.94. The minimum Gasteiger partial charge on any atom is -0.312 e. The van der Waals surface area contributed by atoms with Gasteiger partial charge < -0.3 is 5.32 Å². The van der Waals surface area contributed by atoms with Crippen molar-refractivity contribution >= 4 is 15.9 Å². The van der Waals surface area contributed by atoms with Crippen LogP contribution in [0, 0.1) is 5.92 Å². The first-order chi connectivity index (χ1) is 8.76. The Morgan fingerprint density at radius 1 is 1.37 bits per heavy atom. The first-order valence-electron chi connectivity index (χ1n) is 7.07. The monoisotopic (exact) mass is 288 g/mol. The summed E-state index contributed by atoms with van der Waals surface area (Å²) in [4.78, 5) is 11.8. The zero-order valence-electron chi connectivity index (χ0n) is 12.0. The molecule has 2 aliphatic rings. The minimum atomic E-state index is -3.42. The van der Waals surface area contributed by atoms with Gasteiger partial charge in [0.05, 0.1) is 0 Å². The van der Waals surface area contributed by atoms with Crippen LogP contribution >= 0.6 is 0 Å². The van der Waals surface area contributed by atoms with Crippen LogP contribution in [0.4, 0.5) is 0 Å². The van der Waals surface area contributed by atoms with Gasteiger partial charge in [0.1, 0.15) is 0 Å². The van der Waals surface area contributed by atoms with Crippen molar-refractivity contribution in [2.75, 3.05) is 13.1 Å². The molecule has 1 aliphatic heterocycles. The lowest BCUT2D eigenvalue weighted by Gasteiger charge is -2.43. The maximum absolute atomic E-state index is 11.9. The van der Waals surface area contributed by atoms with Crippen molar-refractivity contribution in [3.63, 3.8) is 0 Å². The quantitative estimate of drug-likeness (QED) is 0.841. The van der Waals surface area contributed by atoms with Crippen molar-refractivity contribution < 1.29 is 13.2 Å². The molecule has 1 heterocycles. The van der Waals surface area contributed by atoms with Gasteiger partial charge in [0.15, 0.2) is 4.75 Å². The molecule has 2 fully saturated rings. The first-order valence-corrected chi connectivity index (χ1v) is 8.51. The third-order valence-electron chi connectivity index (χ3n) is 4.36. The van der Waals surface area contributed by atoms with Crippen LogP contribution in [0.1, 0.15) is 46.5 Å². The Morgan fingerprint density at radius 2 is 2.05 bits per heavy atom. The summed E-state index contributed by atoms with van der Waals surface area (Å²) in [5, 5.41) is 3.38. The Labute approximate surface area is 115 Å². The van der Waals surface area contributed by atoms with E-state index in [4.69, 9.17) is 0 Å². The second kappa shape index (κ2) is 5.05. The lowest BCUT2D eigenvalue weighted by Crippen LogP contribution is -2.68. The minimum absolute atomic E-state index is 0.259. The number of hydrogen-bond donors (Lipinski definition) is 1. The van der Waals surface area contributed by atoms with Gasteiger partial charge in [-0.2, -0.15) is 0 Å². The number of sulfonamides is 1. The second-order valence-electron chi connectivity index (χ2n) is 6.32. The van der Waals surface area contributed by atoms with Gasteiger partial charge in [-0.3, -0.25) is 4.79 Å². The smallest absolute Gasteiger partial charge is 0.258 e. The zero-order valence-corrected chi connectivity index (χ0v) is 12.8. The first kappa shape index (κ1) is 14.8. The van der Waals surface area contributed by atoms with Gasteiger partial charge in [0, 0.05) is 19.1 Å². The molecule has 6 heteroatoms. The Kier molecular flexibility index (Phi) is 3.93. The average molecular weight is 288 g/mol. The van der Waals surface area contributed by atoms with Crippen LogP contribution in [-0.4, -0.2) is 42.5 Å². The molecule has 1 N–H and O–H groups in total. The van der Waals surface area contributed by atoms with Gasteiger partial charge in [0.25, 0.3) is 15.9 Å². The highest BCUT2D eigenvalue weighted by Gasteiger charge is 2.59. The van der Waals surface area contributed by atoms with Gasteiger partial charge in [-0.05, 0) is 32.6 Å². The summed E-state index contributed by atoms with van der Waals surface area (Å²) in [6, 6.07) is 0.468. The van der Waals surface area contributed by atoms with Gasteiger partial charge >= 0.3 is 0 Å². The zero-order chi connectivity index (χ0) is 14.3. The fourth-order valence-electron chi connectivity index (χ4n) is 2.97. The van der Waals surface area contributed by atoms with Crippen LogP contribution in [-0.2, 0) is 14.8 Å². The van der Waals surface area contributed by atoms with Crippen LogP contribution < -0.4 is 5.32 Å². The maximum Gasteiger partial charge on any atom is 0.258 e. The molecule has 2 atom stereocenters. The van der Waals surface area contributed by atoms with Crippen LogP contribution in [0.2, 0.25) is 0 Å². The van der Waals surface area contributed by atoms with E-state index in [9.17, 15) is 13.2 Å². The lowest BCUT2D eigenvalue weighted by atomic mass is 9.87. The van der Waals surface area contributed by atoms with Crippen molar-refractivity contribution in [1.29, 1.82) is 0 Å². The number of carbonyl (C=O) groups excluding carboxylic acids is 1. The molecule has 19 heavy (non-hydrogen) atoms. The molecular formula is C13H24N2O3S. The Bertz CT molecular complexity index is 459. The van der Waals surface area contributed by atoms with Crippen molar-refractivity contribution in [2.24, 2.45) is 5.92 Å². The summed E-state index contributed by atoms with van der Waals surface area (Å²) in [7, 11) is -3.42. The van der Waals surface area contributed by atoms with Crippen LogP contribution in [0.3, 0.4) is 0 Å². The maximum atomic E-state index is 11.9. The van der Waals surface area contributed by atoms with E-state index in [0.29, 0.717) is 12.6 Å². The highest BCUT2D eigenvalue weighted by atomic mass is 32.2. The van der Waals surface area contributed by atoms with E-state index in [-0.39, 0.29) is 12.5 Å². The number of nitrogens with zero attached hydrogens (tertiary/aromatic N) is 1. The molecule has 1 amide bonds. The van der Waals surface area contributed by atoms with Crippen LogP contribution in [0.5, 0.6) is 0 Å². The normalized spacial score (nSPS) is 33.0. The Balaban J connectivity index is 1.80. The van der Waals surface area contributed by atoms with E-state index < -0.39 is 14.8 Å². The van der Waals surface area contributed by atoms with Gasteiger partial charge in [-0.15, -0.1) is 0 Å². The molecule has 0 bridgehead atoms. The summed E-state index contributed by atoms with van der Waals surface area (Å²) in [6.45, 7) is 6.00. The van der Waals surface area contributed by atoms with Crippen molar-refractivity contribution in [3.8, 4) is 0 Å². The summed E-state index contributed by atoms with van der Waals surface area (Å²) in [6.07, 6.45) is 4.81. The van der Waals surface area contributed by atoms with Gasteiger partial charge in [-0.1, -0.05) is 19.8 Å². The van der Waals surface area contributed by atoms with Crippen molar-refractivity contribution in [2.45, 2.75) is 57.2 Å². The molecule has 2 rings (SSSR count). The average Bonchev–Trinajstić information content (AvgIpc) is 2.33. The molecule has 1 aliphatic carbocycles. The predicted molar refractivity (Wildman–Crippen MR) is 74.1 cm³/mol. The molecule has 0 aromatic rings. The Hall–Kier alpha value is -0.620. The molecule has 1 saturated heterocycles. The molecule has 2 unspecified atom stereocenters. The number of rotatable bonds is 4. The molecule has 5 nitrogen and oxygen atoms in total. The molecule has 110 valence electrons. The van der Waals surface area contributed by atoms with E-state index in [0.717, 1.165) is 23.1 Å². The van der Waals surface area contributed by atoms with E-state index in [1.165, 1.54) is 26.7 Å². The standard InChI is InChI=1S/C13H24N2O3S/c1-10-5-4-6-11(9-10)14-7-8-15-12(16)13(2,3)19(15,17)18/h10-11,14H,4-9H2,1-3H3. The molecule has 1 saturated carbocycles. The molecular weight excluding hydrogens is 264 g/mol. The number of carbonyl (C=O) groups is 1. The highest BCUT2D eigenvalue weighted by Crippen LogP contribution is 2.34. The second-order valence-corrected chi connectivity index (χ2v) is 8.73. The van der Waals surface area contributed by atoms with Crippen molar-refractivity contribution in [3.05, 3.63) is 0 Å². The van der Waals surface area contributed by atoms with Gasteiger partial charge in [0.2, 0.25) is 0 Å². The predicted octanol–water partition coefficient (Wildman–Crippen LogP) is 1.11. The molecule has 0 radical (unpaired) electrons. The molecule has 0 spiro atoms. The van der Waals surface area contributed by atoms with E-state index >= 15 is 0 Å². The Morgan fingerprint density at radius 3 is 2.63 bits per heavy atom. The molecule has 0 aromatic heterocycles. The SMILES string of the molecule is CC1CCCC(NCCN2C(=O)C(C)(C)S2(=O)=O)C1. The molecule has 0 aromatic carbocycles. The lowest BCUT2D eigenvalue weighted by molar-refractivity contribution is -0.132. The summed E-state index contributed by atoms with van der Waals surface area (Å²) in [5.74, 6) is 0.450. The topological polar surface area (TPSA) is 66.5 Å². The third kappa shape index (κ3) is 2.52.